The van der Waals surface area contributed by atoms with Gasteiger partial charge in [0, 0.05) is 53.2 Å². The normalized spacial score (nSPS) is 18.8. The highest BCUT2D eigenvalue weighted by atomic mass is 35.5. The van der Waals surface area contributed by atoms with Crippen molar-refractivity contribution in [3.8, 4) is 11.4 Å². The minimum Gasteiger partial charge on any atom is -1.00 e. The molecule has 2 aliphatic heterocycles. The molecular formula is C40H47Cl3N8O6. The van der Waals surface area contributed by atoms with Crippen molar-refractivity contribution >= 4 is 40.5 Å². The lowest BCUT2D eigenvalue weighted by atomic mass is 10.1. The Kier molecular flexibility index (Phi) is 13.5. The molecule has 3 atom stereocenters. The second-order valence-corrected chi connectivity index (χ2v) is 15.3. The van der Waals surface area contributed by atoms with E-state index in [-0.39, 0.29) is 62.5 Å². The maximum Gasteiger partial charge on any atom is 0.350 e. The summed E-state index contributed by atoms with van der Waals surface area (Å²) in [6.07, 6.45) is 5.32. The lowest BCUT2D eigenvalue weighted by molar-refractivity contribution is -0.728. The molecule has 5 aromatic rings. The zero-order valence-electron chi connectivity index (χ0n) is 32.3. The second-order valence-electron chi connectivity index (χ2n) is 14.4. The number of halogens is 3. The van der Waals surface area contributed by atoms with E-state index in [2.05, 4.69) is 44.3 Å². The molecule has 4 heterocycles. The first-order valence-corrected chi connectivity index (χ1v) is 19.6. The van der Waals surface area contributed by atoms with E-state index in [1.165, 1.54) is 4.68 Å². The third-order valence-corrected chi connectivity index (χ3v) is 10.7. The van der Waals surface area contributed by atoms with E-state index in [0.29, 0.717) is 15.6 Å². The fourth-order valence-electron chi connectivity index (χ4n) is 6.74. The van der Waals surface area contributed by atoms with Crippen molar-refractivity contribution in [2.24, 2.45) is 5.92 Å². The fourth-order valence-corrected chi connectivity index (χ4v) is 7.30. The van der Waals surface area contributed by atoms with Crippen LogP contribution in [0, 0.1) is 5.92 Å². The number of anilines is 2. The van der Waals surface area contributed by atoms with E-state index in [4.69, 9.17) is 42.1 Å². The summed E-state index contributed by atoms with van der Waals surface area (Å²) >= 11 is 12.9. The lowest BCUT2D eigenvalue weighted by Crippen LogP contribution is -3.00. The number of piperazine rings is 1. The fraction of sp³-hybridized carbons (Fsp3) is 0.425. The number of rotatable bonds is 14. The SMILES string of the molecule is CCC(C)n1ncn(-c2ccc(N3CCN(c4ccc(OCC5COC(Cn6c[n+](COC(=O)C(C)C)cn6)(c6ccc(Cl)cc6Cl)O5)cc4)CC3)cc2)c1=O.[Cl-]. The number of hydrogen-bond donors (Lipinski definition) is 0. The van der Waals surface area contributed by atoms with Crippen molar-refractivity contribution in [1.29, 1.82) is 0 Å². The van der Waals surface area contributed by atoms with Crippen LogP contribution in [0.25, 0.3) is 5.69 Å². The first-order chi connectivity index (χ1) is 27.0. The van der Waals surface area contributed by atoms with E-state index in [0.717, 1.165) is 55.4 Å². The van der Waals surface area contributed by atoms with Crippen LogP contribution in [0.4, 0.5) is 11.4 Å². The van der Waals surface area contributed by atoms with Gasteiger partial charge in [-0.2, -0.15) is 5.10 Å². The molecule has 14 nitrogen and oxygen atoms in total. The van der Waals surface area contributed by atoms with Gasteiger partial charge in [0.15, 0.2) is 6.54 Å². The van der Waals surface area contributed by atoms with Crippen LogP contribution in [0.3, 0.4) is 0 Å². The van der Waals surface area contributed by atoms with Crippen LogP contribution in [0.1, 0.15) is 45.7 Å². The first-order valence-electron chi connectivity index (χ1n) is 18.9. The molecule has 3 unspecified atom stereocenters. The number of benzene rings is 3. The zero-order chi connectivity index (χ0) is 39.4. The van der Waals surface area contributed by atoms with E-state index in [1.807, 2.05) is 38.1 Å². The number of aromatic nitrogens is 6. The topological polar surface area (TPSA) is 122 Å². The molecule has 2 fully saturated rings. The lowest BCUT2D eigenvalue weighted by Gasteiger charge is -2.37. The summed E-state index contributed by atoms with van der Waals surface area (Å²) in [7, 11) is 0. The molecule has 2 aromatic heterocycles. The number of hydrogen-bond acceptors (Lipinski definition) is 10. The summed E-state index contributed by atoms with van der Waals surface area (Å²) in [4.78, 5) is 29.5. The third kappa shape index (κ3) is 9.58. The van der Waals surface area contributed by atoms with Crippen molar-refractivity contribution in [3.63, 3.8) is 0 Å². The van der Waals surface area contributed by atoms with E-state index >= 15 is 0 Å². The predicted octanol–water partition coefficient (Wildman–Crippen LogP) is 2.63. The summed E-state index contributed by atoms with van der Waals surface area (Å²) in [5.41, 5.74) is 3.54. The van der Waals surface area contributed by atoms with Gasteiger partial charge in [0.1, 0.15) is 24.8 Å². The van der Waals surface area contributed by atoms with Gasteiger partial charge in [-0.05, 0) is 74.0 Å². The molecule has 57 heavy (non-hydrogen) atoms. The molecule has 0 aliphatic carbocycles. The average Bonchev–Trinajstić information content (AvgIpc) is 3.95. The van der Waals surface area contributed by atoms with Gasteiger partial charge in [0.2, 0.25) is 18.8 Å². The summed E-state index contributed by atoms with van der Waals surface area (Å²) in [5.74, 6) is -1.07. The van der Waals surface area contributed by atoms with Gasteiger partial charge in [-0.25, -0.2) is 18.6 Å². The molecule has 2 saturated heterocycles. The summed E-state index contributed by atoms with van der Waals surface area (Å²) in [5, 5.41) is 9.64. The van der Waals surface area contributed by atoms with Crippen LogP contribution < -0.4 is 37.2 Å². The minimum absolute atomic E-state index is 0. The molecule has 0 N–H and O–H groups in total. The molecule has 7 rings (SSSR count). The van der Waals surface area contributed by atoms with Crippen LogP contribution in [0.15, 0.2) is 90.5 Å². The number of nitrogens with zero attached hydrogens (tertiary/aromatic N) is 8. The van der Waals surface area contributed by atoms with Crippen LogP contribution in [-0.2, 0) is 38.1 Å². The molecule has 0 saturated carbocycles. The zero-order valence-corrected chi connectivity index (χ0v) is 34.6. The van der Waals surface area contributed by atoms with Gasteiger partial charge < -0.3 is 41.2 Å². The van der Waals surface area contributed by atoms with E-state index in [9.17, 15) is 9.59 Å². The summed E-state index contributed by atoms with van der Waals surface area (Å²) < 4.78 is 30.9. The van der Waals surface area contributed by atoms with Crippen molar-refractivity contribution < 1.29 is 40.7 Å². The number of ether oxygens (including phenoxy) is 4. The Morgan fingerprint density at radius 3 is 2.23 bits per heavy atom. The Morgan fingerprint density at radius 2 is 1.60 bits per heavy atom. The summed E-state index contributed by atoms with van der Waals surface area (Å²) in [6.45, 7) is 11.8. The predicted molar refractivity (Wildman–Crippen MR) is 212 cm³/mol. The highest BCUT2D eigenvalue weighted by molar-refractivity contribution is 6.35. The van der Waals surface area contributed by atoms with Gasteiger partial charge in [-0.1, -0.05) is 50.0 Å². The highest BCUT2D eigenvalue weighted by Crippen LogP contribution is 2.40. The third-order valence-electron chi connectivity index (χ3n) is 10.1. The van der Waals surface area contributed by atoms with Crippen molar-refractivity contribution in [2.45, 2.75) is 65.3 Å². The molecule has 0 spiro atoms. The monoisotopic (exact) mass is 840 g/mol. The number of carbonyl (C=O) groups is 1. The van der Waals surface area contributed by atoms with Gasteiger partial charge in [-0.3, -0.25) is 4.79 Å². The molecule has 0 radical (unpaired) electrons. The van der Waals surface area contributed by atoms with Gasteiger partial charge >= 0.3 is 11.7 Å². The van der Waals surface area contributed by atoms with Crippen LogP contribution >= 0.6 is 23.2 Å². The maximum absolute atomic E-state index is 12.8. The summed E-state index contributed by atoms with van der Waals surface area (Å²) in [6, 6.07) is 21.4. The van der Waals surface area contributed by atoms with Gasteiger partial charge in [0.25, 0.3) is 6.33 Å². The van der Waals surface area contributed by atoms with Crippen molar-refractivity contribution in [3.05, 3.63) is 112 Å². The Labute approximate surface area is 347 Å². The molecule has 304 valence electrons. The van der Waals surface area contributed by atoms with Crippen LogP contribution in [0.2, 0.25) is 10.0 Å². The Hall–Kier alpha value is -4.60. The Bertz CT molecular complexity index is 2170. The standard InChI is InChI=1S/C40H47Cl2N8O6.ClH/c1-5-29(4)50-39(52)49(25-44-50)33-9-7-31(8-10-33)46-16-18-47(19-17-46)32-11-13-34(14-12-32)53-21-35-22-55-40(56-35,36-15-6-30(41)20-37(36)42)23-48-26-45(24-43-48)27-54-38(51)28(2)3;/h6-15,20,24-26,28-29,35H,5,16-19,21-23,27H2,1-4H3;1H/q+1;/p-1. The van der Waals surface area contributed by atoms with Crippen molar-refractivity contribution in [2.75, 3.05) is 49.2 Å². The largest absolute Gasteiger partial charge is 1.00 e. The Morgan fingerprint density at radius 1 is 0.947 bits per heavy atom. The second kappa shape index (κ2) is 18.3. The molecule has 2 aliphatic rings. The quantitative estimate of drug-likeness (QED) is 0.122. The molecule has 0 amide bonds. The van der Waals surface area contributed by atoms with Crippen LogP contribution in [0.5, 0.6) is 5.75 Å². The maximum atomic E-state index is 12.8. The van der Waals surface area contributed by atoms with Gasteiger partial charge in [-0.15, -0.1) is 4.68 Å². The van der Waals surface area contributed by atoms with Crippen molar-refractivity contribution in [1.82, 2.24) is 24.1 Å². The van der Waals surface area contributed by atoms with E-state index in [1.54, 1.807) is 64.8 Å². The molecular weight excluding hydrogens is 795 g/mol. The molecule has 3 aromatic carbocycles. The highest BCUT2D eigenvalue weighted by Gasteiger charge is 2.47. The molecule has 0 bridgehead atoms. The van der Waals surface area contributed by atoms with Crippen LogP contribution in [-0.4, -0.2) is 75.6 Å². The number of carbonyl (C=O) groups excluding carboxylic acids is 1. The number of esters is 1. The molecule has 17 heteroatoms. The first kappa shape index (κ1) is 42.0. The average molecular weight is 842 g/mol. The van der Waals surface area contributed by atoms with E-state index < -0.39 is 11.9 Å². The van der Waals surface area contributed by atoms with Gasteiger partial charge in [0.05, 0.1) is 29.3 Å². The minimum atomic E-state index is -1.26. The Balaban J connectivity index is 0.00000549. The smallest absolute Gasteiger partial charge is 0.350 e.